The van der Waals surface area contributed by atoms with E-state index in [1.165, 1.54) is 57.3 Å². The lowest BCUT2D eigenvalue weighted by Gasteiger charge is -2.48. The predicted octanol–water partition coefficient (Wildman–Crippen LogP) is 4.90. The Morgan fingerprint density at radius 2 is 1.27 bits per heavy atom. The molecule has 0 aliphatic carbocycles. The molecule has 2 fully saturated rings. The molecule has 0 aromatic heterocycles. The molecule has 6 aromatic rings. The minimum absolute atomic E-state index is 0.0984. The Hall–Kier alpha value is -12.1. The van der Waals surface area contributed by atoms with Crippen LogP contribution in [0.2, 0.25) is 15.1 Å². The predicted molar refractivity (Wildman–Crippen MR) is 441 cm³/mol. The second kappa shape index (κ2) is 40.3. The van der Waals surface area contributed by atoms with Gasteiger partial charge in [0, 0.05) is 59.9 Å². The number of fused-ring (bicyclic) bond motifs is 15. The lowest BCUT2D eigenvalue weighted by Crippen LogP contribution is -2.66. The number of benzene rings is 6. The molecule has 2 saturated heterocycles. The summed E-state index contributed by atoms with van der Waals surface area (Å²) in [6, 6.07) is 2.62. The molecule has 0 saturated carbocycles. The van der Waals surface area contributed by atoms with Crippen molar-refractivity contribution in [2.75, 3.05) is 33.4 Å². The van der Waals surface area contributed by atoms with Crippen molar-refractivity contribution < 1.29 is 137 Å². The molecule has 7 aliphatic heterocycles. The van der Waals surface area contributed by atoms with Crippen LogP contribution in [-0.4, -0.2) is 223 Å². The zero-order valence-electron chi connectivity index (χ0n) is 67.6. The van der Waals surface area contributed by atoms with Crippen molar-refractivity contribution in [3.05, 3.63) is 183 Å². The number of carbonyl (C=O) groups is 10. The Labute approximate surface area is 728 Å². The molecule has 13 rings (SSSR count). The van der Waals surface area contributed by atoms with Crippen LogP contribution >= 0.6 is 34.8 Å². The number of alkyl carbamates (subject to hydrolysis) is 1. The zero-order valence-corrected chi connectivity index (χ0v) is 69.8. The van der Waals surface area contributed by atoms with Gasteiger partial charge in [0.15, 0.2) is 29.9 Å². The number of nitrogens with one attached hydrogen (secondary N) is 8. The maximum absolute atomic E-state index is 16.5. The number of nitrogens with two attached hydrogens (primary N) is 1. The Bertz CT molecular complexity index is 5160. The van der Waals surface area contributed by atoms with E-state index in [0.29, 0.717) is 0 Å². The molecule has 125 heavy (non-hydrogen) atoms. The maximum atomic E-state index is 16.5. The minimum atomic E-state index is -2.45. The van der Waals surface area contributed by atoms with E-state index < -0.39 is 273 Å². The number of ether oxygens (including phenoxy) is 9. The van der Waals surface area contributed by atoms with Gasteiger partial charge in [-0.15, -0.1) is 0 Å². The van der Waals surface area contributed by atoms with E-state index in [1.54, 1.807) is 13.8 Å². The fourth-order valence-electron chi connectivity index (χ4n) is 14.7. The molecule has 9 amide bonds. The van der Waals surface area contributed by atoms with Crippen LogP contribution in [0.25, 0.3) is 11.1 Å². The first kappa shape index (κ1) is 93.6. The Kier molecular flexibility index (Phi) is 30.2. The number of phenolic OH excluding ortho intramolecular Hbond substituents is 4. The zero-order chi connectivity index (χ0) is 90.9. The molecule has 0 spiro atoms. The van der Waals surface area contributed by atoms with Crippen LogP contribution in [0.5, 0.6) is 51.7 Å². The lowest BCUT2D eigenvalue weighted by atomic mass is 9.85. The smallest absolute Gasteiger partial charge is 0.410 e. The van der Waals surface area contributed by atoms with Crippen LogP contribution < -0.4 is 62.5 Å². The van der Waals surface area contributed by atoms with Crippen LogP contribution in [-0.2, 0) is 73.3 Å². The van der Waals surface area contributed by atoms with Crippen LogP contribution in [0.4, 0.5) is 9.59 Å². The monoisotopic (exact) mass is 1790 g/mol. The van der Waals surface area contributed by atoms with E-state index in [4.69, 9.17) is 83.2 Å². The van der Waals surface area contributed by atoms with E-state index in [2.05, 4.69) is 62.3 Å². The topological polar surface area (TPSA) is 561 Å². The quantitative estimate of drug-likeness (QED) is 0.0230. The van der Waals surface area contributed by atoms with Crippen LogP contribution in [0.1, 0.15) is 111 Å². The summed E-state index contributed by atoms with van der Waals surface area (Å²) in [4.78, 5) is 149. The Morgan fingerprint density at radius 3 is 1.91 bits per heavy atom. The summed E-state index contributed by atoms with van der Waals surface area (Å²) in [6.45, 7) is 15.4. The third-order valence-electron chi connectivity index (χ3n) is 21.0. The number of phenols is 4. The molecule has 6 aromatic carbocycles. The number of aliphatic hydroxyl groups excluding tert-OH is 5. The number of hydrogen-bond acceptors (Lipinski definition) is 29. The molecule has 18 atom stereocenters. The molecule has 38 nitrogen and oxygen atoms in total. The van der Waals surface area contributed by atoms with Gasteiger partial charge in [-0.2, -0.15) is 0 Å². The SMILES string of the molecule is C=CCOC(=O)NC1(C)CC(OC2C(Oc3c4cc5cc3Oc3ccc(cc3Cl)[C@@H](O)[C@@H](NC(=O)[C@@H](CC(C)C)N(C)C(=O)OCC=C)C(=O)N[C@@H](CC(N)=O)C(=O)NC5C(=O)NC3C(=O)N[C@H](C(=O)N[C@@H](C(=O)OCC=C)c5cc(O)cc(O)c5-c5cc3ccc5O)[C@H](O)c3ccc(c(Cl)c3)O4)OC(CNCc3cc(Cl)ccc3O)C(O)C2O)OC(C)C1O. The third-order valence-corrected chi connectivity index (χ3v) is 21.8. The molecule has 11 bridgehead atoms. The van der Waals surface area contributed by atoms with E-state index >= 15 is 24.0 Å². The second-order valence-electron chi connectivity index (χ2n) is 30.6. The summed E-state index contributed by atoms with van der Waals surface area (Å²) in [7, 11) is 1.23. The van der Waals surface area contributed by atoms with Gasteiger partial charge in [-0.05, 0) is 121 Å². The molecule has 41 heteroatoms. The Balaban J connectivity index is 1.16. The Morgan fingerprint density at radius 1 is 0.664 bits per heavy atom. The number of halogens is 3. The number of esters is 1. The molecule has 0 radical (unpaired) electrons. The first-order valence-corrected chi connectivity index (χ1v) is 40.1. The number of carbonyl (C=O) groups excluding carboxylic acids is 10. The number of hydrogen-bond donors (Lipinski definition) is 18. The summed E-state index contributed by atoms with van der Waals surface area (Å²) >= 11 is 20.8. The normalized spacial score (nSPS) is 25.7. The number of primary amides is 1. The molecular formula is C84H93Cl3N10O28. The van der Waals surface area contributed by atoms with Gasteiger partial charge in [-0.25, -0.2) is 14.4 Å². The second-order valence-corrected chi connectivity index (χ2v) is 31.8. The van der Waals surface area contributed by atoms with Crippen LogP contribution in [0.3, 0.4) is 0 Å². The number of aromatic hydroxyl groups is 4. The molecular weight excluding hydrogens is 1700 g/mol. The van der Waals surface area contributed by atoms with Crippen molar-refractivity contribution in [3.63, 3.8) is 0 Å². The van der Waals surface area contributed by atoms with Crippen molar-refractivity contribution in [2.45, 2.75) is 163 Å². The van der Waals surface area contributed by atoms with Crippen molar-refractivity contribution in [3.8, 4) is 62.9 Å². The van der Waals surface area contributed by atoms with Crippen LogP contribution in [0.15, 0.2) is 135 Å². The van der Waals surface area contributed by atoms with Crippen molar-refractivity contribution in [1.82, 2.24) is 47.4 Å². The molecule has 19 N–H and O–H groups in total. The number of amides is 9. The standard InChI is InChI=1S/C84H93Cl3N10O28/c1-9-20-117-80(114)64-46-30-44(98)31-53(101)61(46)45-25-38(12-16-52(45)100)62-76(110)95-66(79(113)93-64)68(104)40-14-19-55(48(87)27-40)122-57-29-41-28-56(71(57)125-81-72(124-60-33-84(7,73(107)37(6)120-60)96-82(115)118-21-10-2)70(106)69(105)58(123-81)35-89-34-42-24-43(85)15-17-51(42)99)121-54-18-13-39(26-47(54)86)67(103)65(94-75(109)50(23-36(4)5)97(8)83(116)119-22-11-3)78(112)90-49(32-59(88)102)74(108)91-63(41)77(111)92-62/h9-19,24-31,36-37,49-50,58,60,62-70,72-73,81,89,98-101,103-107H,1-3,20-23,32-35H2,4-8H3,(H2,88,102)(H,90,112)(H,91,108)(H,92,111)(H,93,113)(H,94,109)(H,95,110)(H,96,115)/t37?,49-,50+,58?,60?,62?,63?,64+,65+,66-,67+,68+,69?,70?,72?,73?,81?,84?/m0/s1. The van der Waals surface area contributed by atoms with Crippen molar-refractivity contribution >= 4 is 94.3 Å². The third kappa shape index (κ3) is 21.7. The molecule has 7 aliphatic rings. The summed E-state index contributed by atoms with van der Waals surface area (Å²) in [5.41, 5.74) is 1.53. The summed E-state index contributed by atoms with van der Waals surface area (Å²) in [5, 5.41) is 127. The largest absolute Gasteiger partial charge is 0.508 e. The molecule has 7 heterocycles. The van der Waals surface area contributed by atoms with Crippen LogP contribution in [0, 0.1) is 5.92 Å². The first-order valence-electron chi connectivity index (χ1n) is 39.0. The lowest BCUT2D eigenvalue weighted by molar-refractivity contribution is -0.331. The van der Waals surface area contributed by atoms with E-state index in [9.17, 15) is 69.9 Å². The van der Waals surface area contributed by atoms with E-state index in [0.717, 1.165) is 83.8 Å². The number of rotatable bonds is 23. The maximum Gasteiger partial charge on any atom is 0.410 e. The van der Waals surface area contributed by atoms with Gasteiger partial charge in [-0.3, -0.25) is 38.5 Å². The van der Waals surface area contributed by atoms with Crippen molar-refractivity contribution in [1.29, 1.82) is 0 Å². The fourth-order valence-corrected chi connectivity index (χ4v) is 15.3. The van der Waals surface area contributed by atoms with Gasteiger partial charge < -0.3 is 137 Å². The molecule has 11 unspecified atom stereocenters. The number of nitrogens with zero attached hydrogens (tertiary/aromatic N) is 1. The summed E-state index contributed by atoms with van der Waals surface area (Å²) in [6.07, 6.45) is -18.7. The van der Waals surface area contributed by atoms with Gasteiger partial charge in [0.25, 0.3) is 0 Å². The minimum Gasteiger partial charge on any atom is -0.508 e. The highest BCUT2D eigenvalue weighted by Gasteiger charge is 2.53. The van der Waals surface area contributed by atoms with Crippen molar-refractivity contribution in [2.24, 2.45) is 11.7 Å². The highest BCUT2D eigenvalue weighted by atomic mass is 35.5. The number of aliphatic hydroxyl groups is 5. The first-order chi connectivity index (χ1) is 59.3. The van der Waals surface area contributed by atoms with E-state index in [1.807, 2.05) is 0 Å². The fraction of sp³-hybridized carbons (Fsp3) is 0.381. The van der Waals surface area contributed by atoms with Gasteiger partial charge >= 0.3 is 18.2 Å². The highest BCUT2D eigenvalue weighted by Crippen LogP contribution is 2.50. The summed E-state index contributed by atoms with van der Waals surface area (Å²) in [5.74, 6) is -16.8. The van der Waals surface area contributed by atoms with Gasteiger partial charge in [0.2, 0.25) is 53.4 Å². The molecule has 668 valence electrons. The average Bonchev–Trinajstić information content (AvgIpc) is 0.769. The number of likely N-dealkylation sites (N-methyl/N-ethyl adjacent to an activating group) is 1. The van der Waals surface area contributed by atoms with Gasteiger partial charge in [0.05, 0.1) is 28.1 Å². The average molecular weight is 1800 g/mol. The van der Waals surface area contributed by atoms with Gasteiger partial charge in [0.1, 0.15) is 127 Å². The van der Waals surface area contributed by atoms with E-state index in [-0.39, 0.29) is 65.1 Å². The van der Waals surface area contributed by atoms with Gasteiger partial charge in [-0.1, -0.05) is 105 Å². The summed E-state index contributed by atoms with van der Waals surface area (Å²) < 4.78 is 55.8. The highest BCUT2D eigenvalue weighted by molar-refractivity contribution is 6.32.